The van der Waals surface area contributed by atoms with E-state index >= 15 is 0 Å². The van der Waals surface area contributed by atoms with Gasteiger partial charge in [-0.15, -0.1) is 0 Å². The normalized spacial score (nSPS) is 11.0. The summed E-state index contributed by atoms with van der Waals surface area (Å²) >= 11 is 0. The van der Waals surface area contributed by atoms with Crippen LogP contribution in [-0.2, 0) is 13.6 Å². The molecule has 0 bridgehead atoms. The topological polar surface area (TPSA) is 99.5 Å². The van der Waals surface area contributed by atoms with Crippen LogP contribution in [0.4, 0.5) is 17.5 Å². The Bertz CT molecular complexity index is 1000. The highest BCUT2D eigenvalue weighted by atomic mass is 15.3. The van der Waals surface area contributed by atoms with Crippen molar-refractivity contribution in [1.29, 1.82) is 0 Å². The van der Waals surface area contributed by atoms with Crippen molar-refractivity contribution in [2.24, 2.45) is 7.05 Å². The number of aryl methyl sites for hydroxylation is 1. The van der Waals surface area contributed by atoms with Crippen LogP contribution in [0.5, 0.6) is 0 Å². The van der Waals surface area contributed by atoms with Crippen LogP contribution in [0.25, 0.3) is 11.0 Å². The molecule has 3 N–H and O–H groups in total. The number of hydrogen-bond acceptors (Lipinski definition) is 6. The summed E-state index contributed by atoms with van der Waals surface area (Å²) in [5, 5.41) is 12.6. The number of nitrogen functional groups attached to an aromatic ring is 1. The molecular weight excluding hydrogens is 304 g/mol. The van der Waals surface area contributed by atoms with E-state index in [-0.39, 0.29) is 0 Å². The van der Waals surface area contributed by atoms with Crippen molar-refractivity contribution in [2.45, 2.75) is 6.54 Å². The van der Waals surface area contributed by atoms with E-state index in [1.807, 2.05) is 48.3 Å². The number of rotatable bonds is 4. The van der Waals surface area contributed by atoms with Gasteiger partial charge in [-0.25, -0.2) is 9.67 Å². The van der Waals surface area contributed by atoms with E-state index in [4.69, 9.17) is 5.73 Å². The lowest BCUT2D eigenvalue weighted by Gasteiger charge is -2.07. The molecule has 0 saturated carbocycles. The number of benzene rings is 1. The first-order valence-corrected chi connectivity index (χ1v) is 7.48. The summed E-state index contributed by atoms with van der Waals surface area (Å²) in [6, 6.07) is 9.59. The highest BCUT2D eigenvalue weighted by Gasteiger charge is 2.09. The predicted molar refractivity (Wildman–Crippen MR) is 91.8 cm³/mol. The molecule has 8 nitrogen and oxygen atoms in total. The molecule has 0 spiro atoms. The smallest absolute Gasteiger partial charge is 0.230 e. The fourth-order valence-corrected chi connectivity index (χ4v) is 2.48. The molecule has 0 amide bonds. The van der Waals surface area contributed by atoms with Gasteiger partial charge < -0.3 is 11.1 Å². The summed E-state index contributed by atoms with van der Waals surface area (Å²) < 4.78 is 3.52. The van der Waals surface area contributed by atoms with Crippen molar-refractivity contribution < 1.29 is 0 Å². The van der Waals surface area contributed by atoms with Crippen molar-refractivity contribution in [3.05, 3.63) is 54.5 Å². The summed E-state index contributed by atoms with van der Waals surface area (Å²) in [5.41, 5.74) is 8.50. The SMILES string of the molecule is Cn1ccc(Nc2ncc3cnn(Cc4ccccc4N)c3n2)n1. The second-order valence-electron chi connectivity index (χ2n) is 5.47. The van der Waals surface area contributed by atoms with Gasteiger partial charge in [-0.3, -0.25) is 4.68 Å². The maximum Gasteiger partial charge on any atom is 0.230 e. The van der Waals surface area contributed by atoms with Crippen LogP contribution in [0.3, 0.4) is 0 Å². The minimum Gasteiger partial charge on any atom is -0.398 e. The first kappa shape index (κ1) is 14.2. The molecule has 0 aliphatic heterocycles. The molecule has 8 heteroatoms. The fraction of sp³-hybridized carbons (Fsp3) is 0.125. The molecule has 0 atom stereocenters. The van der Waals surface area contributed by atoms with E-state index in [1.54, 1.807) is 17.1 Å². The van der Waals surface area contributed by atoms with Crippen LogP contribution in [0.1, 0.15) is 5.56 Å². The Hall–Kier alpha value is -3.42. The standard InChI is InChI=1S/C16H16N8/c1-23-7-6-14(22-23)20-16-18-8-12-9-19-24(15(12)21-16)10-11-4-2-3-5-13(11)17/h2-9H,10,17H2,1H3,(H,18,20,21,22). The van der Waals surface area contributed by atoms with Gasteiger partial charge in [0, 0.05) is 31.2 Å². The highest BCUT2D eigenvalue weighted by molar-refractivity contribution is 5.75. The van der Waals surface area contributed by atoms with Crippen molar-refractivity contribution >= 4 is 28.5 Å². The maximum atomic E-state index is 6.02. The van der Waals surface area contributed by atoms with Gasteiger partial charge in [-0.2, -0.15) is 15.2 Å². The Labute approximate surface area is 138 Å². The van der Waals surface area contributed by atoms with Crippen LogP contribution in [0, 0.1) is 0 Å². The fourth-order valence-electron chi connectivity index (χ4n) is 2.48. The summed E-state index contributed by atoms with van der Waals surface area (Å²) in [6.07, 6.45) is 5.34. The molecule has 3 aromatic heterocycles. The third-order valence-electron chi connectivity index (χ3n) is 3.71. The van der Waals surface area contributed by atoms with E-state index in [1.165, 1.54) is 0 Å². The monoisotopic (exact) mass is 320 g/mol. The third kappa shape index (κ3) is 2.65. The highest BCUT2D eigenvalue weighted by Crippen LogP contribution is 2.18. The average molecular weight is 320 g/mol. The van der Waals surface area contributed by atoms with Crippen LogP contribution in [0.15, 0.2) is 48.9 Å². The Kier molecular flexibility index (Phi) is 3.34. The van der Waals surface area contributed by atoms with Crippen molar-refractivity contribution in [1.82, 2.24) is 29.5 Å². The van der Waals surface area contributed by atoms with Gasteiger partial charge in [0.1, 0.15) is 0 Å². The second-order valence-corrected chi connectivity index (χ2v) is 5.47. The van der Waals surface area contributed by atoms with Crippen LogP contribution >= 0.6 is 0 Å². The summed E-state index contributed by atoms with van der Waals surface area (Å²) in [5.74, 6) is 1.17. The van der Waals surface area contributed by atoms with Crippen molar-refractivity contribution in [2.75, 3.05) is 11.1 Å². The Morgan fingerprint density at radius 1 is 1.17 bits per heavy atom. The molecule has 0 unspecified atom stereocenters. The van der Waals surface area contributed by atoms with E-state index in [0.717, 1.165) is 22.3 Å². The van der Waals surface area contributed by atoms with E-state index in [2.05, 4.69) is 25.5 Å². The molecule has 0 radical (unpaired) electrons. The number of anilines is 3. The molecule has 0 aliphatic carbocycles. The lowest BCUT2D eigenvalue weighted by Crippen LogP contribution is -2.06. The number of nitrogens with zero attached hydrogens (tertiary/aromatic N) is 6. The summed E-state index contributed by atoms with van der Waals surface area (Å²) in [6.45, 7) is 0.552. The number of hydrogen-bond donors (Lipinski definition) is 2. The van der Waals surface area contributed by atoms with Gasteiger partial charge in [0.15, 0.2) is 11.5 Å². The van der Waals surface area contributed by atoms with E-state index < -0.39 is 0 Å². The number of nitrogens with two attached hydrogens (primary N) is 1. The molecule has 4 rings (SSSR count). The molecule has 0 fully saturated rings. The van der Waals surface area contributed by atoms with Gasteiger partial charge in [0.2, 0.25) is 5.95 Å². The zero-order valence-corrected chi connectivity index (χ0v) is 13.1. The number of nitrogens with one attached hydrogen (secondary N) is 1. The Balaban J connectivity index is 1.67. The van der Waals surface area contributed by atoms with Gasteiger partial charge in [0.05, 0.1) is 18.1 Å². The van der Waals surface area contributed by atoms with Gasteiger partial charge in [-0.05, 0) is 11.6 Å². The minimum absolute atomic E-state index is 0.476. The van der Waals surface area contributed by atoms with Gasteiger partial charge in [0.25, 0.3) is 0 Å². The lowest BCUT2D eigenvalue weighted by molar-refractivity contribution is 0.705. The van der Waals surface area contributed by atoms with E-state index in [0.29, 0.717) is 18.3 Å². The molecular formula is C16H16N8. The molecule has 0 saturated heterocycles. The lowest BCUT2D eigenvalue weighted by atomic mass is 10.2. The Morgan fingerprint density at radius 3 is 2.83 bits per heavy atom. The van der Waals surface area contributed by atoms with Crippen LogP contribution in [0.2, 0.25) is 0 Å². The molecule has 0 aliphatic rings. The molecule has 4 aromatic rings. The van der Waals surface area contributed by atoms with Gasteiger partial charge in [-0.1, -0.05) is 18.2 Å². The maximum absolute atomic E-state index is 6.02. The zero-order valence-electron chi connectivity index (χ0n) is 13.1. The quantitative estimate of drug-likeness (QED) is 0.557. The van der Waals surface area contributed by atoms with E-state index in [9.17, 15) is 0 Å². The minimum atomic E-state index is 0.476. The predicted octanol–water partition coefficient (Wildman–Crippen LogP) is 1.93. The largest absolute Gasteiger partial charge is 0.398 e. The average Bonchev–Trinajstić information content (AvgIpc) is 3.16. The molecule has 120 valence electrons. The first-order valence-electron chi connectivity index (χ1n) is 7.48. The Morgan fingerprint density at radius 2 is 2.04 bits per heavy atom. The zero-order chi connectivity index (χ0) is 16.5. The number of para-hydroxylation sites is 1. The summed E-state index contributed by atoms with van der Waals surface area (Å²) in [4.78, 5) is 8.85. The molecule has 24 heavy (non-hydrogen) atoms. The van der Waals surface area contributed by atoms with Gasteiger partial charge >= 0.3 is 0 Å². The summed E-state index contributed by atoms with van der Waals surface area (Å²) in [7, 11) is 1.86. The first-order chi connectivity index (χ1) is 11.7. The van der Waals surface area contributed by atoms with Crippen molar-refractivity contribution in [3.63, 3.8) is 0 Å². The molecule has 3 heterocycles. The van der Waals surface area contributed by atoms with Crippen LogP contribution < -0.4 is 11.1 Å². The van der Waals surface area contributed by atoms with Crippen molar-refractivity contribution in [3.8, 4) is 0 Å². The van der Waals surface area contributed by atoms with Crippen LogP contribution in [-0.4, -0.2) is 29.5 Å². The number of aromatic nitrogens is 6. The third-order valence-corrected chi connectivity index (χ3v) is 3.71. The number of fused-ring (bicyclic) bond motifs is 1. The second kappa shape index (κ2) is 5.65. The molecule has 1 aromatic carbocycles.